The van der Waals surface area contributed by atoms with Gasteiger partial charge in [0.05, 0.1) is 6.61 Å². The van der Waals surface area contributed by atoms with Gasteiger partial charge in [0.25, 0.3) is 0 Å². The average molecular weight is 248 g/mol. The minimum Gasteiger partial charge on any atom is -0.305 e. The molecule has 0 bridgehead atoms. The quantitative estimate of drug-likeness (QED) is 0.726. The largest absolute Gasteiger partial charge is 0.305 e. The van der Waals surface area contributed by atoms with Crippen molar-refractivity contribution >= 4 is 12.0 Å². The van der Waals surface area contributed by atoms with Crippen molar-refractivity contribution in [1.29, 1.82) is 0 Å². The minimum absolute atomic E-state index is 0.416. The van der Waals surface area contributed by atoms with E-state index < -0.39 is 6.67 Å². The van der Waals surface area contributed by atoms with Crippen LogP contribution >= 0.6 is 12.0 Å². The molecule has 0 aromatic heterocycles. The number of benzene rings is 2. The fourth-order valence-corrected chi connectivity index (χ4v) is 2.06. The van der Waals surface area contributed by atoms with E-state index in [1.807, 2.05) is 48.5 Å². The number of hydrogen-bond donors (Lipinski definition) is 0. The Morgan fingerprint density at radius 1 is 0.882 bits per heavy atom. The van der Waals surface area contributed by atoms with Crippen molar-refractivity contribution in [3.05, 3.63) is 65.7 Å². The molecule has 0 spiro atoms. The van der Waals surface area contributed by atoms with Crippen LogP contribution in [-0.4, -0.2) is 0 Å². The van der Waals surface area contributed by atoms with Gasteiger partial charge in [0, 0.05) is 16.9 Å². The summed E-state index contributed by atoms with van der Waals surface area (Å²) in [6.07, 6.45) is 0. The van der Waals surface area contributed by atoms with Gasteiger partial charge in [-0.1, -0.05) is 42.5 Å². The van der Waals surface area contributed by atoms with Crippen LogP contribution in [0.1, 0.15) is 11.1 Å². The van der Waals surface area contributed by atoms with E-state index in [2.05, 4.69) is 0 Å². The monoisotopic (exact) mass is 248 g/mol. The maximum Gasteiger partial charge on any atom is 0.115 e. The Balaban J connectivity index is 1.90. The molecule has 0 fully saturated rings. The molecule has 0 unspecified atom stereocenters. The Kier molecular flexibility index (Phi) is 4.59. The van der Waals surface area contributed by atoms with Gasteiger partial charge in [0.1, 0.15) is 6.67 Å². The molecular formula is C14H13FOS. The van der Waals surface area contributed by atoms with Crippen LogP contribution in [0.3, 0.4) is 0 Å². The summed E-state index contributed by atoms with van der Waals surface area (Å²) in [5.74, 6) is 0. The molecule has 0 aliphatic carbocycles. The second-order valence-corrected chi connectivity index (χ2v) is 4.43. The van der Waals surface area contributed by atoms with Crippen molar-refractivity contribution in [2.45, 2.75) is 18.2 Å². The second kappa shape index (κ2) is 6.42. The summed E-state index contributed by atoms with van der Waals surface area (Å²) in [6.45, 7) is -0.0325. The molecule has 0 saturated carbocycles. The van der Waals surface area contributed by atoms with Crippen LogP contribution in [0, 0.1) is 0 Å². The van der Waals surface area contributed by atoms with Crippen LogP contribution in [0.4, 0.5) is 4.39 Å². The molecule has 0 heterocycles. The average Bonchev–Trinajstić information content (AvgIpc) is 2.40. The topological polar surface area (TPSA) is 9.23 Å². The Morgan fingerprint density at radius 2 is 1.53 bits per heavy atom. The summed E-state index contributed by atoms with van der Waals surface area (Å²) >= 11 is 1.31. The highest BCUT2D eigenvalue weighted by molar-refractivity contribution is 7.94. The third-order valence-electron chi connectivity index (χ3n) is 2.38. The van der Waals surface area contributed by atoms with Crippen molar-refractivity contribution in [2.75, 3.05) is 0 Å². The van der Waals surface area contributed by atoms with Crippen molar-refractivity contribution in [3.63, 3.8) is 0 Å². The zero-order valence-electron chi connectivity index (χ0n) is 9.30. The fraction of sp³-hybridized carbons (Fsp3) is 0.143. The third-order valence-corrected chi connectivity index (χ3v) is 3.08. The van der Waals surface area contributed by atoms with E-state index in [1.54, 1.807) is 6.07 Å². The van der Waals surface area contributed by atoms with Gasteiger partial charge in [-0.2, -0.15) is 0 Å². The number of halogens is 1. The maximum absolute atomic E-state index is 12.7. The summed E-state index contributed by atoms with van der Waals surface area (Å²) in [7, 11) is 0. The standard InChI is InChI=1S/C14H13FOS/c15-10-12-6-4-5-7-13(12)11-16-17-14-8-2-1-3-9-14/h1-9H,10-11H2. The molecule has 0 atom stereocenters. The molecule has 2 aromatic rings. The first kappa shape index (κ1) is 12.1. The highest BCUT2D eigenvalue weighted by Gasteiger charge is 2.01. The molecule has 88 valence electrons. The smallest absolute Gasteiger partial charge is 0.115 e. The van der Waals surface area contributed by atoms with Gasteiger partial charge >= 0.3 is 0 Å². The molecule has 2 aromatic carbocycles. The molecule has 0 amide bonds. The SMILES string of the molecule is FCc1ccccc1COSc1ccccc1. The molecular weight excluding hydrogens is 235 g/mol. The summed E-state index contributed by atoms with van der Waals surface area (Å²) < 4.78 is 18.2. The van der Waals surface area contributed by atoms with Crippen molar-refractivity contribution in [1.82, 2.24) is 0 Å². The number of hydrogen-bond acceptors (Lipinski definition) is 2. The highest BCUT2D eigenvalue weighted by atomic mass is 32.2. The van der Waals surface area contributed by atoms with Crippen molar-refractivity contribution in [2.24, 2.45) is 0 Å². The van der Waals surface area contributed by atoms with E-state index in [4.69, 9.17) is 4.18 Å². The fourth-order valence-electron chi connectivity index (χ4n) is 1.47. The van der Waals surface area contributed by atoms with Crippen LogP contribution in [-0.2, 0) is 17.5 Å². The van der Waals surface area contributed by atoms with E-state index >= 15 is 0 Å². The molecule has 0 saturated heterocycles. The minimum atomic E-state index is -0.449. The first-order valence-electron chi connectivity index (χ1n) is 5.37. The van der Waals surface area contributed by atoms with Crippen molar-refractivity contribution < 1.29 is 8.57 Å². The number of alkyl halides is 1. The van der Waals surface area contributed by atoms with Crippen molar-refractivity contribution in [3.8, 4) is 0 Å². The molecule has 0 aliphatic rings. The van der Waals surface area contributed by atoms with Gasteiger partial charge in [-0.3, -0.25) is 0 Å². The van der Waals surface area contributed by atoms with Crippen LogP contribution in [0.2, 0.25) is 0 Å². The summed E-state index contributed by atoms with van der Waals surface area (Å²) in [5.41, 5.74) is 1.60. The van der Waals surface area contributed by atoms with Crippen LogP contribution < -0.4 is 0 Å². The molecule has 0 N–H and O–H groups in total. The van der Waals surface area contributed by atoms with Gasteiger partial charge in [-0.05, 0) is 23.3 Å². The van der Waals surface area contributed by atoms with E-state index in [1.165, 1.54) is 12.0 Å². The zero-order valence-corrected chi connectivity index (χ0v) is 10.1. The summed E-state index contributed by atoms with van der Waals surface area (Å²) in [5, 5.41) is 0. The Hall–Kier alpha value is -1.32. The summed E-state index contributed by atoms with van der Waals surface area (Å²) in [6, 6.07) is 17.2. The number of rotatable bonds is 5. The van der Waals surface area contributed by atoms with Crippen LogP contribution in [0.5, 0.6) is 0 Å². The van der Waals surface area contributed by atoms with E-state index in [0.29, 0.717) is 12.2 Å². The zero-order chi connectivity index (χ0) is 11.9. The van der Waals surface area contributed by atoms with Gasteiger partial charge in [-0.25, -0.2) is 4.39 Å². The van der Waals surface area contributed by atoms with Gasteiger partial charge in [0.2, 0.25) is 0 Å². The first-order valence-corrected chi connectivity index (χ1v) is 6.11. The molecule has 0 radical (unpaired) electrons. The molecule has 1 nitrogen and oxygen atoms in total. The lowest BCUT2D eigenvalue weighted by molar-refractivity contribution is 0.358. The Morgan fingerprint density at radius 3 is 2.24 bits per heavy atom. The lowest BCUT2D eigenvalue weighted by atomic mass is 10.1. The lowest BCUT2D eigenvalue weighted by Crippen LogP contribution is -1.92. The Bertz CT molecular complexity index is 459. The third kappa shape index (κ3) is 3.58. The highest BCUT2D eigenvalue weighted by Crippen LogP contribution is 2.21. The molecule has 0 aliphatic heterocycles. The first-order chi connectivity index (χ1) is 8.40. The van der Waals surface area contributed by atoms with E-state index in [9.17, 15) is 4.39 Å². The lowest BCUT2D eigenvalue weighted by Gasteiger charge is -2.06. The van der Waals surface area contributed by atoms with E-state index in [-0.39, 0.29) is 0 Å². The van der Waals surface area contributed by atoms with Crippen LogP contribution in [0.25, 0.3) is 0 Å². The van der Waals surface area contributed by atoms with Crippen LogP contribution in [0.15, 0.2) is 59.5 Å². The van der Waals surface area contributed by atoms with E-state index in [0.717, 1.165) is 10.5 Å². The van der Waals surface area contributed by atoms with Gasteiger partial charge < -0.3 is 4.18 Å². The maximum atomic E-state index is 12.7. The normalized spacial score (nSPS) is 10.4. The molecule has 2 rings (SSSR count). The molecule has 3 heteroatoms. The second-order valence-electron chi connectivity index (χ2n) is 3.56. The molecule has 17 heavy (non-hydrogen) atoms. The summed E-state index contributed by atoms with van der Waals surface area (Å²) in [4.78, 5) is 1.05. The Labute approximate surface area is 105 Å². The van der Waals surface area contributed by atoms with Gasteiger partial charge in [0.15, 0.2) is 0 Å². The predicted octanol–water partition coefficient (Wildman–Crippen LogP) is 4.38. The predicted molar refractivity (Wildman–Crippen MR) is 68.3 cm³/mol. The van der Waals surface area contributed by atoms with Gasteiger partial charge in [-0.15, -0.1) is 0 Å².